The SMILES string of the molecule is COc1ccc(N2C(=O)[C@@H](CC(=O)Nc3ccc(F)cc3)N(CCCN3CCN(c4ccc(F)cc4)CC3)C2=S)cc1Cl. The normalized spacial score (nSPS) is 17.5. The van der Waals surface area contributed by atoms with Gasteiger partial charge in [-0.2, -0.15) is 0 Å². The van der Waals surface area contributed by atoms with Crippen molar-refractivity contribution in [3.05, 3.63) is 83.4 Å². The maximum atomic E-state index is 13.7. The second-order valence-corrected chi connectivity index (χ2v) is 11.2. The van der Waals surface area contributed by atoms with Crippen LogP contribution in [0.2, 0.25) is 5.02 Å². The molecular formula is C31H32ClF2N5O3S. The largest absolute Gasteiger partial charge is 0.495 e. The van der Waals surface area contributed by atoms with Gasteiger partial charge >= 0.3 is 0 Å². The second-order valence-electron chi connectivity index (χ2n) is 10.4. The molecule has 43 heavy (non-hydrogen) atoms. The number of carbonyl (C=O) groups excluding carboxylic acids is 2. The topological polar surface area (TPSA) is 68.4 Å². The van der Waals surface area contributed by atoms with Crippen LogP contribution in [-0.4, -0.2) is 79.1 Å². The van der Waals surface area contributed by atoms with E-state index in [-0.39, 0.29) is 24.1 Å². The van der Waals surface area contributed by atoms with Gasteiger partial charge in [-0.25, -0.2) is 8.78 Å². The highest BCUT2D eigenvalue weighted by Crippen LogP contribution is 2.33. The zero-order valence-corrected chi connectivity index (χ0v) is 25.2. The molecule has 0 unspecified atom stereocenters. The molecular weight excluding hydrogens is 596 g/mol. The van der Waals surface area contributed by atoms with Gasteiger partial charge in [0, 0.05) is 44.1 Å². The quantitative estimate of drug-likeness (QED) is 0.311. The molecule has 226 valence electrons. The molecule has 1 N–H and O–H groups in total. The van der Waals surface area contributed by atoms with E-state index in [4.69, 9.17) is 28.6 Å². The van der Waals surface area contributed by atoms with Crippen molar-refractivity contribution < 1.29 is 23.1 Å². The summed E-state index contributed by atoms with van der Waals surface area (Å²) < 4.78 is 31.9. The van der Waals surface area contributed by atoms with Crippen LogP contribution in [0.3, 0.4) is 0 Å². The fourth-order valence-corrected chi connectivity index (χ4v) is 6.05. The molecule has 2 saturated heterocycles. The van der Waals surface area contributed by atoms with Crippen molar-refractivity contribution >= 4 is 57.8 Å². The molecule has 2 aliphatic heterocycles. The molecule has 0 saturated carbocycles. The van der Waals surface area contributed by atoms with E-state index in [1.54, 1.807) is 35.2 Å². The van der Waals surface area contributed by atoms with Crippen LogP contribution in [-0.2, 0) is 9.59 Å². The predicted octanol–water partition coefficient (Wildman–Crippen LogP) is 5.17. The zero-order chi connectivity index (χ0) is 30.5. The summed E-state index contributed by atoms with van der Waals surface area (Å²) >= 11 is 12.1. The van der Waals surface area contributed by atoms with Gasteiger partial charge in [0.25, 0.3) is 5.91 Å². The van der Waals surface area contributed by atoms with Gasteiger partial charge in [0.05, 0.1) is 24.2 Å². The minimum Gasteiger partial charge on any atom is -0.495 e. The number of carbonyl (C=O) groups is 2. The lowest BCUT2D eigenvalue weighted by Crippen LogP contribution is -2.47. The van der Waals surface area contributed by atoms with E-state index in [1.165, 1.54) is 48.4 Å². The molecule has 8 nitrogen and oxygen atoms in total. The van der Waals surface area contributed by atoms with Crippen molar-refractivity contribution in [1.29, 1.82) is 0 Å². The number of nitrogens with one attached hydrogen (secondary N) is 1. The Bertz CT molecular complexity index is 1470. The van der Waals surface area contributed by atoms with E-state index < -0.39 is 11.9 Å². The Balaban J connectivity index is 1.24. The smallest absolute Gasteiger partial charge is 0.256 e. The zero-order valence-electron chi connectivity index (χ0n) is 23.6. The van der Waals surface area contributed by atoms with E-state index >= 15 is 0 Å². The van der Waals surface area contributed by atoms with Crippen molar-refractivity contribution in [2.45, 2.75) is 18.9 Å². The van der Waals surface area contributed by atoms with Crippen LogP contribution in [0.15, 0.2) is 66.7 Å². The number of hydrogen-bond acceptors (Lipinski definition) is 6. The number of halogens is 3. The number of rotatable bonds is 10. The Hall–Kier alpha value is -3.80. The fraction of sp³-hybridized carbons (Fsp3) is 0.323. The van der Waals surface area contributed by atoms with Crippen molar-refractivity contribution in [3.63, 3.8) is 0 Å². The number of amides is 2. The van der Waals surface area contributed by atoms with Crippen LogP contribution in [0.4, 0.5) is 25.8 Å². The second kappa shape index (κ2) is 13.7. The van der Waals surface area contributed by atoms with E-state index in [1.807, 2.05) is 0 Å². The van der Waals surface area contributed by atoms with Gasteiger partial charge in [-0.3, -0.25) is 19.4 Å². The maximum Gasteiger partial charge on any atom is 0.256 e. The lowest BCUT2D eigenvalue weighted by Gasteiger charge is -2.36. The number of ether oxygens (including phenoxy) is 1. The van der Waals surface area contributed by atoms with Gasteiger partial charge in [-0.15, -0.1) is 0 Å². The summed E-state index contributed by atoms with van der Waals surface area (Å²) in [5.74, 6) is -0.904. The summed E-state index contributed by atoms with van der Waals surface area (Å²) in [7, 11) is 1.51. The van der Waals surface area contributed by atoms with Gasteiger partial charge in [-0.1, -0.05) is 11.6 Å². The van der Waals surface area contributed by atoms with Gasteiger partial charge in [-0.05, 0) is 91.9 Å². The first-order valence-corrected chi connectivity index (χ1v) is 14.8. The maximum absolute atomic E-state index is 13.7. The monoisotopic (exact) mass is 627 g/mol. The highest BCUT2D eigenvalue weighted by molar-refractivity contribution is 7.80. The third kappa shape index (κ3) is 7.23. The molecule has 5 rings (SSSR count). The van der Waals surface area contributed by atoms with Crippen LogP contribution < -0.4 is 19.9 Å². The number of hydrogen-bond donors (Lipinski definition) is 1. The summed E-state index contributed by atoms with van der Waals surface area (Å²) in [5.41, 5.74) is 1.93. The molecule has 2 heterocycles. The predicted molar refractivity (Wildman–Crippen MR) is 168 cm³/mol. The molecule has 3 aromatic rings. The Kier molecular flexibility index (Phi) is 9.74. The van der Waals surface area contributed by atoms with E-state index in [9.17, 15) is 18.4 Å². The molecule has 0 aliphatic carbocycles. The minimum atomic E-state index is -0.816. The van der Waals surface area contributed by atoms with Crippen LogP contribution in [0.25, 0.3) is 0 Å². The van der Waals surface area contributed by atoms with Gasteiger partial charge in [0.2, 0.25) is 5.91 Å². The average molecular weight is 628 g/mol. The first-order valence-electron chi connectivity index (χ1n) is 14.0. The number of nitrogens with zero attached hydrogens (tertiary/aromatic N) is 4. The first-order chi connectivity index (χ1) is 20.7. The molecule has 0 spiro atoms. The molecule has 2 aliphatic rings. The van der Waals surface area contributed by atoms with Gasteiger partial charge in [0.1, 0.15) is 23.4 Å². The van der Waals surface area contributed by atoms with Crippen molar-refractivity contribution in [2.24, 2.45) is 0 Å². The Morgan fingerprint density at radius 1 is 0.953 bits per heavy atom. The molecule has 0 radical (unpaired) electrons. The van der Waals surface area contributed by atoms with Gasteiger partial charge < -0.3 is 19.9 Å². The standard InChI is InChI=1S/C31H32ClF2N5O3S/c1-42-28-12-11-25(19-26(28)32)39-30(41)27(20-29(40)35-23-7-3-21(33)4-8-23)38(31(39)43)14-2-13-36-15-17-37(18-16-36)24-9-5-22(34)6-10-24/h3-12,19,27H,2,13-18,20H2,1H3,(H,35,40)/t27-/m1/s1. The number of anilines is 3. The average Bonchev–Trinajstić information content (AvgIpc) is 3.23. The minimum absolute atomic E-state index is 0.132. The molecule has 12 heteroatoms. The lowest BCUT2D eigenvalue weighted by atomic mass is 10.1. The number of thiocarbonyl (C=S) groups is 1. The Labute approximate surface area is 259 Å². The van der Waals surface area contributed by atoms with Crippen LogP contribution in [0.5, 0.6) is 5.75 Å². The number of benzene rings is 3. The third-order valence-corrected chi connectivity index (χ3v) is 8.37. The van der Waals surface area contributed by atoms with Crippen LogP contribution in [0.1, 0.15) is 12.8 Å². The Morgan fingerprint density at radius 2 is 1.58 bits per heavy atom. The first kappa shape index (κ1) is 30.7. The van der Waals surface area contributed by atoms with E-state index in [0.29, 0.717) is 33.8 Å². The van der Waals surface area contributed by atoms with Gasteiger partial charge in [0.15, 0.2) is 5.11 Å². The van der Waals surface area contributed by atoms with E-state index in [2.05, 4.69) is 15.1 Å². The Morgan fingerprint density at radius 3 is 2.21 bits per heavy atom. The summed E-state index contributed by atoms with van der Waals surface area (Å²) in [6, 6.07) is 16.2. The summed E-state index contributed by atoms with van der Waals surface area (Å²) in [6.45, 7) is 4.60. The molecule has 3 aromatic carbocycles. The van der Waals surface area contributed by atoms with Crippen molar-refractivity contribution in [3.8, 4) is 5.75 Å². The van der Waals surface area contributed by atoms with Crippen LogP contribution >= 0.6 is 23.8 Å². The van der Waals surface area contributed by atoms with Crippen LogP contribution in [0, 0.1) is 11.6 Å². The molecule has 0 bridgehead atoms. The number of methoxy groups -OCH3 is 1. The highest BCUT2D eigenvalue weighted by atomic mass is 35.5. The number of piperazine rings is 1. The molecule has 2 fully saturated rings. The summed E-state index contributed by atoms with van der Waals surface area (Å²) in [6.07, 6.45) is 0.588. The highest BCUT2D eigenvalue weighted by Gasteiger charge is 2.44. The molecule has 0 aromatic heterocycles. The van der Waals surface area contributed by atoms with E-state index in [0.717, 1.165) is 44.8 Å². The summed E-state index contributed by atoms with van der Waals surface area (Å²) in [5, 5.41) is 3.37. The van der Waals surface area contributed by atoms with Crippen molar-refractivity contribution in [2.75, 3.05) is 61.5 Å². The summed E-state index contributed by atoms with van der Waals surface area (Å²) in [4.78, 5) is 34.5. The lowest BCUT2D eigenvalue weighted by molar-refractivity contribution is -0.124. The fourth-order valence-electron chi connectivity index (χ4n) is 5.39. The third-order valence-electron chi connectivity index (χ3n) is 7.66. The molecule has 2 amide bonds. The van der Waals surface area contributed by atoms with Crippen molar-refractivity contribution in [1.82, 2.24) is 9.80 Å². The molecule has 1 atom stereocenters.